The minimum absolute atomic E-state index is 0.0399. The molecule has 3 aromatic carbocycles. The molecule has 0 N–H and O–H groups in total. The van der Waals surface area contributed by atoms with Crippen LogP contribution in [0.15, 0.2) is 84.4 Å². The van der Waals surface area contributed by atoms with Crippen LogP contribution in [0, 0.1) is 5.82 Å². The molecule has 3 aromatic rings. The topological polar surface area (TPSA) is 43.9 Å². The van der Waals surface area contributed by atoms with E-state index in [1.165, 1.54) is 21.9 Å². The number of hydrogen-bond acceptors (Lipinski definition) is 4. The van der Waals surface area contributed by atoms with Crippen molar-refractivity contribution in [2.45, 2.75) is 26.3 Å². The first-order valence-electron chi connectivity index (χ1n) is 11.9. The molecule has 5 nitrogen and oxygen atoms in total. The minimum atomic E-state index is -0.601. The van der Waals surface area contributed by atoms with Gasteiger partial charge in [0, 0.05) is 23.9 Å². The summed E-state index contributed by atoms with van der Waals surface area (Å²) in [5.41, 5.74) is 3.34. The third kappa shape index (κ3) is 4.15. The number of hydrogen-bond donors (Lipinski definition) is 0. The number of carbonyl (C=O) groups excluding carboxylic acids is 2. The van der Waals surface area contributed by atoms with Crippen LogP contribution in [0.1, 0.15) is 31.9 Å². The Hall–Kier alpha value is -4.10. The number of amides is 2. The van der Waals surface area contributed by atoms with Gasteiger partial charge >= 0.3 is 0 Å². The maximum atomic E-state index is 15.5. The van der Waals surface area contributed by atoms with Gasteiger partial charge in [-0.2, -0.15) is 0 Å². The second kappa shape index (κ2) is 9.09. The zero-order valence-corrected chi connectivity index (χ0v) is 21.8. The van der Waals surface area contributed by atoms with Crippen molar-refractivity contribution in [3.8, 4) is 0 Å². The lowest BCUT2D eigenvalue weighted by Gasteiger charge is -2.40. The molecule has 2 amide bonds. The van der Waals surface area contributed by atoms with E-state index in [4.69, 9.17) is 12.2 Å². The number of fused-ring (bicyclic) bond motifs is 1. The van der Waals surface area contributed by atoms with Crippen molar-refractivity contribution in [3.05, 3.63) is 101 Å². The first-order valence-corrected chi connectivity index (χ1v) is 12.3. The predicted molar refractivity (Wildman–Crippen MR) is 151 cm³/mol. The van der Waals surface area contributed by atoms with Gasteiger partial charge in [-0.3, -0.25) is 19.4 Å². The molecule has 186 valence electrons. The van der Waals surface area contributed by atoms with Crippen LogP contribution in [-0.2, 0) is 9.59 Å². The van der Waals surface area contributed by atoms with E-state index in [9.17, 15) is 9.59 Å². The first kappa shape index (κ1) is 24.6. The second-order valence-electron chi connectivity index (χ2n) is 9.72. The van der Waals surface area contributed by atoms with Crippen LogP contribution in [0.5, 0.6) is 0 Å². The third-order valence-electron chi connectivity index (χ3n) is 6.91. The fourth-order valence-electron chi connectivity index (χ4n) is 4.79. The van der Waals surface area contributed by atoms with Gasteiger partial charge in [0.2, 0.25) is 0 Å². The summed E-state index contributed by atoms with van der Waals surface area (Å²) in [6, 6.07) is 20.9. The van der Waals surface area contributed by atoms with E-state index in [0.717, 1.165) is 16.8 Å². The van der Waals surface area contributed by atoms with Crippen LogP contribution in [0.2, 0.25) is 0 Å². The molecule has 0 bridgehead atoms. The lowest BCUT2D eigenvalue weighted by molar-refractivity contribution is -0.120. The van der Waals surface area contributed by atoms with Crippen molar-refractivity contribution >= 4 is 57.9 Å². The Morgan fingerprint density at radius 1 is 0.865 bits per heavy atom. The molecule has 5 rings (SSSR count). The van der Waals surface area contributed by atoms with Gasteiger partial charge in [0.05, 0.1) is 16.9 Å². The zero-order chi connectivity index (χ0) is 26.5. The lowest BCUT2D eigenvalue weighted by atomic mass is 9.88. The van der Waals surface area contributed by atoms with E-state index in [1.54, 1.807) is 54.6 Å². The summed E-state index contributed by atoms with van der Waals surface area (Å²) in [7, 11) is 1.92. The van der Waals surface area contributed by atoms with Crippen molar-refractivity contribution in [2.24, 2.45) is 0 Å². The van der Waals surface area contributed by atoms with Gasteiger partial charge < -0.3 is 4.90 Å². The summed E-state index contributed by atoms with van der Waals surface area (Å²) in [4.78, 5) is 32.1. The fourth-order valence-corrected chi connectivity index (χ4v) is 5.17. The molecule has 2 heterocycles. The number of rotatable bonds is 3. The molecule has 2 aliphatic rings. The predicted octanol–water partition coefficient (Wildman–Crippen LogP) is 6.21. The molecule has 0 atom stereocenters. The number of anilines is 3. The van der Waals surface area contributed by atoms with Crippen molar-refractivity contribution in [1.82, 2.24) is 0 Å². The van der Waals surface area contributed by atoms with Crippen molar-refractivity contribution < 1.29 is 14.0 Å². The van der Waals surface area contributed by atoms with Crippen LogP contribution in [-0.4, -0.2) is 29.5 Å². The molecular formula is C30H26FN3O2S. The highest BCUT2D eigenvalue weighted by Crippen LogP contribution is 2.40. The molecule has 37 heavy (non-hydrogen) atoms. The number of likely N-dealkylation sites (N-methyl/N-ethyl adjacent to an activating group) is 1. The number of para-hydroxylation sites is 2. The average Bonchev–Trinajstić information content (AvgIpc) is 2.87. The maximum Gasteiger partial charge on any atom is 0.270 e. The summed E-state index contributed by atoms with van der Waals surface area (Å²) in [6.07, 6.45) is 3.45. The molecule has 0 spiro atoms. The van der Waals surface area contributed by atoms with Crippen LogP contribution in [0.4, 0.5) is 21.5 Å². The number of thiocarbonyl (C=S) groups is 1. The van der Waals surface area contributed by atoms with Crippen molar-refractivity contribution in [1.29, 1.82) is 0 Å². The van der Waals surface area contributed by atoms with Gasteiger partial charge in [0.25, 0.3) is 11.8 Å². The Bertz CT molecular complexity index is 1430. The van der Waals surface area contributed by atoms with Crippen LogP contribution >= 0.6 is 12.2 Å². The average molecular weight is 512 g/mol. The third-order valence-corrected chi connectivity index (χ3v) is 7.28. The molecule has 0 saturated carbocycles. The highest BCUT2D eigenvalue weighted by molar-refractivity contribution is 7.81. The van der Waals surface area contributed by atoms with Crippen LogP contribution in [0.3, 0.4) is 0 Å². The fraction of sp³-hybridized carbons (Fsp3) is 0.167. The maximum absolute atomic E-state index is 15.5. The molecule has 0 aliphatic carbocycles. The largest absolute Gasteiger partial charge is 0.365 e. The second-order valence-corrected chi connectivity index (χ2v) is 10.1. The molecule has 0 aromatic heterocycles. The van der Waals surface area contributed by atoms with E-state index in [-0.39, 0.29) is 21.8 Å². The van der Waals surface area contributed by atoms with E-state index >= 15 is 4.39 Å². The number of halogens is 1. The SMILES string of the molecule is CC1=CC(C)(C)N(C)c2cc(F)c(C=C3C(=O)N(c4ccccc4)C(=S)N(c4ccccc4)C3=O)cc21. The van der Waals surface area contributed by atoms with E-state index < -0.39 is 17.6 Å². The molecule has 2 aliphatic heterocycles. The molecule has 0 radical (unpaired) electrons. The van der Waals surface area contributed by atoms with Gasteiger partial charge in [-0.05, 0) is 81.0 Å². The minimum Gasteiger partial charge on any atom is -0.365 e. The van der Waals surface area contributed by atoms with Crippen LogP contribution < -0.4 is 14.7 Å². The molecule has 1 saturated heterocycles. The number of carbonyl (C=O) groups is 2. The zero-order valence-electron chi connectivity index (χ0n) is 21.0. The Morgan fingerprint density at radius 3 is 1.89 bits per heavy atom. The summed E-state index contributed by atoms with van der Waals surface area (Å²) < 4.78 is 15.5. The molecule has 1 fully saturated rings. The smallest absolute Gasteiger partial charge is 0.270 e. The monoisotopic (exact) mass is 511 g/mol. The Kier molecular flexibility index (Phi) is 6.04. The first-order chi connectivity index (χ1) is 17.6. The summed E-state index contributed by atoms with van der Waals surface area (Å²) in [5, 5.41) is 0.0399. The van der Waals surface area contributed by atoms with E-state index in [0.29, 0.717) is 11.4 Å². The number of allylic oxidation sites excluding steroid dienone is 1. The Labute approximate surface area is 221 Å². The quantitative estimate of drug-likeness (QED) is 0.238. The summed E-state index contributed by atoms with van der Waals surface area (Å²) >= 11 is 5.64. The highest BCUT2D eigenvalue weighted by Gasteiger charge is 2.41. The van der Waals surface area contributed by atoms with E-state index in [1.807, 2.05) is 31.0 Å². The standard InChI is InChI=1S/C30H26FN3O2S/c1-19-18-30(2,3)32(4)26-17-25(31)20(15-23(19)26)16-24-27(35)33(21-11-7-5-8-12-21)29(37)34(28(24)36)22-13-9-6-10-14-22/h5-18H,1-4H3. The highest BCUT2D eigenvalue weighted by atomic mass is 32.1. The van der Waals surface area contributed by atoms with Gasteiger partial charge in [-0.1, -0.05) is 42.5 Å². The van der Waals surface area contributed by atoms with Gasteiger partial charge in [-0.15, -0.1) is 0 Å². The van der Waals surface area contributed by atoms with Crippen molar-refractivity contribution in [2.75, 3.05) is 21.7 Å². The van der Waals surface area contributed by atoms with Crippen LogP contribution in [0.25, 0.3) is 11.6 Å². The lowest BCUT2D eigenvalue weighted by Crippen LogP contribution is -2.56. The van der Waals surface area contributed by atoms with E-state index in [2.05, 4.69) is 19.9 Å². The Morgan fingerprint density at radius 2 is 1.38 bits per heavy atom. The normalized spacial score (nSPS) is 17.1. The van der Waals surface area contributed by atoms with Gasteiger partial charge in [-0.25, -0.2) is 4.39 Å². The van der Waals surface area contributed by atoms with Gasteiger partial charge in [0.1, 0.15) is 11.4 Å². The molecule has 7 heteroatoms. The Balaban J connectivity index is 1.67. The molecule has 0 unspecified atom stereocenters. The van der Waals surface area contributed by atoms with Crippen molar-refractivity contribution in [3.63, 3.8) is 0 Å². The van der Waals surface area contributed by atoms with Gasteiger partial charge in [0.15, 0.2) is 5.11 Å². The number of benzene rings is 3. The summed E-state index contributed by atoms with van der Waals surface area (Å²) in [6.45, 7) is 6.10. The number of nitrogens with zero attached hydrogens (tertiary/aromatic N) is 3. The molecular weight excluding hydrogens is 485 g/mol. The summed E-state index contributed by atoms with van der Waals surface area (Å²) in [5.74, 6) is -1.72.